The molecule has 19 heavy (non-hydrogen) atoms. The summed E-state index contributed by atoms with van der Waals surface area (Å²) >= 11 is 0. The van der Waals surface area contributed by atoms with Crippen LogP contribution < -0.4 is 10.5 Å². The molecule has 1 amide bonds. The summed E-state index contributed by atoms with van der Waals surface area (Å²) in [5, 5.41) is 7.03. The van der Waals surface area contributed by atoms with E-state index in [1.165, 1.54) is 6.07 Å². The molecule has 0 atom stereocenters. The van der Waals surface area contributed by atoms with E-state index >= 15 is 0 Å². The third-order valence-electron chi connectivity index (χ3n) is 2.39. The lowest BCUT2D eigenvalue weighted by atomic mass is 10.2. The molecule has 1 aromatic heterocycles. The second-order valence-corrected chi connectivity index (χ2v) is 5.48. The van der Waals surface area contributed by atoms with E-state index in [1.807, 2.05) is 19.1 Å². The number of carbonyl (C=O) groups excluding carboxylic acids is 1. The number of anilines is 1. The van der Waals surface area contributed by atoms with Crippen LogP contribution in [-0.2, 0) is 10.0 Å². The minimum atomic E-state index is -3.94. The van der Waals surface area contributed by atoms with Gasteiger partial charge in [-0.1, -0.05) is 17.7 Å². The van der Waals surface area contributed by atoms with Gasteiger partial charge in [-0.3, -0.25) is 4.79 Å². The van der Waals surface area contributed by atoms with Crippen LogP contribution in [0.4, 0.5) is 5.69 Å². The average molecular weight is 280 g/mol. The van der Waals surface area contributed by atoms with Crippen LogP contribution in [0.1, 0.15) is 16.1 Å². The number of rotatable bonds is 3. The lowest BCUT2D eigenvalue weighted by Crippen LogP contribution is -2.12. The number of benzene rings is 1. The molecule has 0 saturated carbocycles. The monoisotopic (exact) mass is 280 g/mol. The van der Waals surface area contributed by atoms with E-state index in [1.54, 1.807) is 12.1 Å². The van der Waals surface area contributed by atoms with Gasteiger partial charge in [-0.25, -0.2) is 13.6 Å². The maximum atomic E-state index is 11.8. The van der Waals surface area contributed by atoms with Gasteiger partial charge in [0.25, 0.3) is 15.9 Å². The van der Waals surface area contributed by atoms with E-state index in [-0.39, 0.29) is 5.76 Å². The number of primary sulfonamides is 1. The zero-order valence-electron chi connectivity index (χ0n) is 10.1. The number of nitrogens with two attached hydrogens (primary N) is 1. The third kappa shape index (κ3) is 3.21. The molecule has 2 rings (SSSR count). The molecular formula is C12H12N2O4S. The summed E-state index contributed by atoms with van der Waals surface area (Å²) in [6.07, 6.45) is 0. The van der Waals surface area contributed by atoms with Gasteiger partial charge >= 0.3 is 0 Å². The fourth-order valence-electron chi connectivity index (χ4n) is 1.42. The first-order valence-electron chi connectivity index (χ1n) is 5.37. The second-order valence-electron chi connectivity index (χ2n) is 3.98. The number of amides is 1. The van der Waals surface area contributed by atoms with E-state index in [0.717, 1.165) is 11.6 Å². The van der Waals surface area contributed by atoms with Crippen molar-refractivity contribution < 1.29 is 17.6 Å². The zero-order chi connectivity index (χ0) is 14.0. The molecule has 7 heteroatoms. The van der Waals surface area contributed by atoms with Crippen molar-refractivity contribution in [3.8, 4) is 0 Å². The van der Waals surface area contributed by atoms with Gasteiger partial charge in [-0.15, -0.1) is 0 Å². The van der Waals surface area contributed by atoms with Crippen molar-refractivity contribution >= 4 is 21.6 Å². The molecular weight excluding hydrogens is 268 g/mol. The maximum absolute atomic E-state index is 11.8. The summed E-state index contributed by atoms with van der Waals surface area (Å²) in [7, 11) is -3.94. The molecule has 0 saturated heterocycles. The molecule has 0 aliphatic heterocycles. The predicted molar refractivity (Wildman–Crippen MR) is 69.2 cm³/mol. The van der Waals surface area contributed by atoms with E-state index in [9.17, 15) is 13.2 Å². The highest BCUT2D eigenvalue weighted by molar-refractivity contribution is 7.89. The Morgan fingerprint density at radius 2 is 1.79 bits per heavy atom. The van der Waals surface area contributed by atoms with Crippen LogP contribution in [0.25, 0.3) is 0 Å². The van der Waals surface area contributed by atoms with Crippen LogP contribution in [0.15, 0.2) is 45.9 Å². The van der Waals surface area contributed by atoms with Gasteiger partial charge in [-0.2, -0.15) is 0 Å². The summed E-state index contributed by atoms with van der Waals surface area (Å²) in [5.74, 6) is -0.664. The van der Waals surface area contributed by atoms with Crippen LogP contribution in [0.2, 0.25) is 0 Å². The number of hydrogen-bond acceptors (Lipinski definition) is 4. The smallest absolute Gasteiger partial charge is 0.291 e. The van der Waals surface area contributed by atoms with Gasteiger partial charge in [-0.05, 0) is 31.2 Å². The van der Waals surface area contributed by atoms with Crippen LogP contribution in [0.5, 0.6) is 0 Å². The van der Waals surface area contributed by atoms with Gasteiger partial charge < -0.3 is 9.73 Å². The summed E-state index contributed by atoms with van der Waals surface area (Å²) in [4.78, 5) is 11.8. The van der Waals surface area contributed by atoms with Crippen molar-refractivity contribution in [2.45, 2.75) is 12.0 Å². The summed E-state index contributed by atoms with van der Waals surface area (Å²) in [5.41, 5.74) is 1.65. The van der Waals surface area contributed by atoms with Crippen molar-refractivity contribution in [2.24, 2.45) is 5.14 Å². The first-order valence-corrected chi connectivity index (χ1v) is 6.91. The standard InChI is InChI=1S/C12H12N2O4S/c1-8-2-4-9(5-3-8)14-12(15)10-6-7-11(18-10)19(13,16)17/h2-7H,1H3,(H,14,15)(H2,13,16,17). The molecule has 0 unspecified atom stereocenters. The van der Waals surface area contributed by atoms with Gasteiger partial charge in [0.1, 0.15) is 0 Å². The molecule has 2 aromatic rings. The van der Waals surface area contributed by atoms with Gasteiger partial charge in [0.2, 0.25) is 5.09 Å². The van der Waals surface area contributed by atoms with Crippen LogP contribution >= 0.6 is 0 Å². The number of hydrogen-bond donors (Lipinski definition) is 2. The second kappa shape index (κ2) is 4.87. The Morgan fingerprint density at radius 1 is 1.16 bits per heavy atom. The Balaban J connectivity index is 2.16. The molecule has 0 bridgehead atoms. The Morgan fingerprint density at radius 3 is 2.32 bits per heavy atom. The van der Waals surface area contributed by atoms with Crippen molar-refractivity contribution in [3.63, 3.8) is 0 Å². The summed E-state index contributed by atoms with van der Waals surface area (Å²) in [6, 6.07) is 9.54. The summed E-state index contributed by atoms with van der Waals surface area (Å²) < 4.78 is 26.9. The maximum Gasteiger partial charge on any atom is 0.291 e. The molecule has 1 aromatic carbocycles. The fraction of sp³-hybridized carbons (Fsp3) is 0.0833. The highest BCUT2D eigenvalue weighted by atomic mass is 32.2. The number of aryl methyl sites for hydroxylation is 1. The number of furan rings is 1. The Bertz CT molecular complexity index is 702. The lowest BCUT2D eigenvalue weighted by molar-refractivity contribution is 0.0991. The minimum Gasteiger partial charge on any atom is -0.438 e. The third-order valence-corrected chi connectivity index (χ3v) is 3.18. The quantitative estimate of drug-likeness (QED) is 0.889. The zero-order valence-corrected chi connectivity index (χ0v) is 10.9. The average Bonchev–Trinajstić information content (AvgIpc) is 2.81. The normalized spacial score (nSPS) is 11.3. The highest BCUT2D eigenvalue weighted by Gasteiger charge is 2.17. The van der Waals surface area contributed by atoms with Crippen molar-refractivity contribution in [3.05, 3.63) is 47.7 Å². The number of nitrogens with one attached hydrogen (secondary N) is 1. The molecule has 1 heterocycles. The van der Waals surface area contributed by atoms with E-state index in [4.69, 9.17) is 9.56 Å². The van der Waals surface area contributed by atoms with Gasteiger partial charge in [0.05, 0.1) is 0 Å². The number of sulfonamides is 1. The van der Waals surface area contributed by atoms with Crippen molar-refractivity contribution in [1.82, 2.24) is 0 Å². The Kier molecular flexibility index (Phi) is 3.41. The molecule has 0 radical (unpaired) electrons. The van der Waals surface area contributed by atoms with E-state index in [0.29, 0.717) is 5.69 Å². The van der Waals surface area contributed by atoms with E-state index < -0.39 is 21.0 Å². The lowest BCUT2D eigenvalue weighted by Gasteiger charge is -2.03. The Hall–Kier alpha value is -2.12. The molecule has 0 aliphatic carbocycles. The van der Waals surface area contributed by atoms with Gasteiger partial charge in [0, 0.05) is 5.69 Å². The molecule has 0 spiro atoms. The van der Waals surface area contributed by atoms with Crippen LogP contribution in [-0.4, -0.2) is 14.3 Å². The van der Waals surface area contributed by atoms with E-state index in [2.05, 4.69) is 5.32 Å². The predicted octanol–water partition coefficient (Wildman–Crippen LogP) is 1.49. The van der Waals surface area contributed by atoms with Crippen LogP contribution in [0.3, 0.4) is 0 Å². The fourth-order valence-corrected chi connectivity index (χ4v) is 1.89. The minimum absolute atomic E-state index is 0.121. The summed E-state index contributed by atoms with van der Waals surface area (Å²) in [6.45, 7) is 1.93. The molecule has 6 nitrogen and oxygen atoms in total. The number of carbonyl (C=O) groups is 1. The SMILES string of the molecule is Cc1ccc(NC(=O)c2ccc(S(N)(=O)=O)o2)cc1. The van der Waals surface area contributed by atoms with Crippen LogP contribution in [0, 0.1) is 6.92 Å². The first kappa shape index (κ1) is 13.3. The molecule has 3 N–H and O–H groups in total. The largest absolute Gasteiger partial charge is 0.438 e. The Labute approximate surface area is 110 Å². The topological polar surface area (TPSA) is 102 Å². The van der Waals surface area contributed by atoms with Crippen molar-refractivity contribution in [1.29, 1.82) is 0 Å². The van der Waals surface area contributed by atoms with Crippen molar-refractivity contribution in [2.75, 3.05) is 5.32 Å². The first-order chi connectivity index (χ1) is 8.86. The molecule has 0 aliphatic rings. The molecule has 100 valence electrons. The molecule has 0 fully saturated rings. The van der Waals surface area contributed by atoms with Gasteiger partial charge in [0.15, 0.2) is 5.76 Å². The highest BCUT2D eigenvalue weighted by Crippen LogP contribution is 2.15.